The third-order valence-electron chi connectivity index (χ3n) is 1.82. The summed E-state index contributed by atoms with van der Waals surface area (Å²) in [7, 11) is 1.01. The molecule has 92 valence electrons. The first-order valence-corrected chi connectivity index (χ1v) is 4.13. The number of carbonyl (C=O) groups is 1. The molecule has 0 aromatic carbocycles. The van der Waals surface area contributed by atoms with E-state index in [4.69, 9.17) is 5.11 Å². The fourth-order valence-electron chi connectivity index (χ4n) is 1.12. The van der Waals surface area contributed by atoms with Gasteiger partial charge in [0.1, 0.15) is 0 Å². The molecule has 0 aliphatic heterocycles. The topological polar surface area (TPSA) is 103 Å². The fourth-order valence-corrected chi connectivity index (χ4v) is 1.12. The van der Waals surface area contributed by atoms with Gasteiger partial charge in [-0.3, -0.25) is 10.1 Å². The predicted molar refractivity (Wildman–Crippen MR) is 49.4 cm³/mol. The van der Waals surface area contributed by atoms with Crippen LogP contribution in [-0.4, -0.2) is 28.1 Å². The molecule has 1 heterocycles. The van der Waals surface area contributed by atoms with Crippen LogP contribution in [-0.2, 0) is 0 Å². The Morgan fingerprint density at radius 3 is 2.59 bits per heavy atom. The Morgan fingerprint density at radius 2 is 2.24 bits per heavy atom. The number of nitro groups is 1. The first-order chi connectivity index (χ1) is 7.88. The van der Waals surface area contributed by atoms with E-state index >= 15 is 0 Å². The van der Waals surface area contributed by atoms with E-state index in [1.165, 1.54) is 0 Å². The molecule has 0 saturated carbocycles. The molecule has 0 atom stereocenters. The van der Waals surface area contributed by atoms with Gasteiger partial charge in [-0.15, -0.1) is 0 Å². The Morgan fingerprint density at radius 1 is 1.65 bits per heavy atom. The van der Waals surface area contributed by atoms with Crippen molar-refractivity contribution in [3.63, 3.8) is 0 Å². The number of methoxy groups -OCH3 is 1. The van der Waals surface area contributed by atoms with Gasteiger partial charge in [0.2, 0.25) is 11.6 Å². The number of alkyl halides is 2. The van der Waals surface area contributed by atoms with Gasteiger partial charge in [0.05, 0.1) is 17.6 Å². The molecular weight excluding hydrogens is 242 g/mol. The lowest BCUT2D eigenvalue weighted by Crippen LogP contribution is -2.09. The van der Waals surface area contributed by atoms with Crippen LogP contribution in [0.2, 0.25) is 0 Å². The molecule has 1 aromatic heterocycles. The van der Waals surface area contributed by atoms with Gasteiger partial charge in [-0.25, -0.2) is 13.6 Å². The fraction of sp³-hybridized carbons (Fsp3) is 0.250. The largest absolute Gasteiger partial charge is 0.481 e. The molecule has 0 spiro atoms. The monoisotopic (exact) mass is 248 g/mol. The highest BCUT2D eigenvalue weighted by molar-refractivity contribution is 5.90. The van der Waals surface area contributed by atoms with Crippen molar-refractivity contribution >= 4 is 11.7 Å². The molecule has 0 amide bonds. The summed E-state index contributed by atoms with van der Waals surface area (Å²) in [6.45, 7) is 0. The summed E-state index contributed by atoms with van der Waals surface area (Å²) in [5, 5.41) is 19.2. The van der Waals surface area contributed by atoms with Crippen molar-refractivity contribution in [2.75, 3.05) is 7.11 Å². The third kappa shape index (κ3) is 2.44. The summed E-state index contributed by atoms with van der Waals surface area (Å²) in [5.41, 5.74) is -2.78. The van der Waals surface area contributed by atoms with Gasteiger partial charge < -0.3 is 9.84 Å². The van der Waals surface area contributed by atoms with Crippen LogP contribution in [0.5, 0.6) is 5.88 Å². The zero-order valence-corrected chi connectivity index (χ0v) is 8.39. The highest BCUT2D eigenvalue weighted by Gasteiger charge is 2.28. The van der Waals surface area contributed by atoms with Crippen LogP contribution in [0.3, 0.4) is 0 Å². The number of pyridine rings is 1. The van der Waals surface area contributed by atoms with Gasteiger partial charge in [-0.2, -0.15) is 4.98 Å². The zero-order valence-electron chi connectivity index (χ0n) is 8.39. The number of hydrogen-bond donors (Lipinski definition) is 1. The Balaban J connectivity index is 3.53. The molecule has 1 N–H and O–H groups in total. The lowest BCUT2D eigenvalue weighted by Gasteiger charge is -2.07. The minimum atomic E-state index is -3.06. The maximum Gasteiger partial charge on any atom is 0.361 e. The standard InChI is InChI=1S/C8H6F2N2O5/c1-17-7-3(6(9)10)2-4(12(15)16)5(11-7)8(13)14/h2,6H,1H3,(H,13,14). The summed E-state index contributed by atoms with van der Waals surface area (Å²) >= 11 is 0. The molecule has 0 radical (unpaired) electrons. The molecule has 9 heteroatoms. The maximum atomic E-state index is 12.5. The van der Waals surface area contributed by atoms with Crippen molar-refractivity contribution in [1.29, 1.82) is 0 Å². The molecule has 0 aliphatic carbocycles. The van der Waals surface area contributed by atoms with E-state index in [1.807, 2.05) is 0 Å². The average Bonchev–Trinajstić information content (AvgIpc) is 2.26. The second kappa shape index (κ2) is 4.68. The van der Waals surface area contributed by atoms with E-state index in [2.05, 4.69) is 9.72 Å². The second-order valence-corrected chi connectivity index (χ2v) is 2.82. The number of halogens is 2. The van der Waals surface area contributed by atoms with Crippen LogP contribution in [0.15, 0.2) is 6.07 Å². The van der Waals surface area contributed by atoms with E-state index in [0.717, 1.165) is 7.11 Å². The van der Waals surface area contributed by atoms with Gasteiger partial charge in [0.15, 0.2) is 0 Å². The minimum absolute atomic E-state index is 0.444. The Labute approximate surface area is 92.8 Å². The van der Waals surface area contributed by atoms with Crippen LogP contribution in [0, 0.1) is 10.1 Å². The highest BCUT2D eigenvalue weighted by atomic mass is 19.3. The van der Waals surface area contributed by atoms with Crippen molar-refractivity contribution in [2.24, 2.45) is 0 Å². The van der Waals surface area contributed by atoms with Crippen molar-refractivity contribution < 1.29 is 28.3 Å². The van der Waals surface area contributed by atoms with Crippen molar-refractivity contribution in [2.45, 2.75) is 6.43 Å². The minimum Gasteiger partial charge on any atom is -0.481 e. The quantitative estimate of drug-likeness (QED) is 0.641. The Hall–Kier alpha value is -2.32. The predicted octanol–water partition coefficient (Wildman–Crippen LogP) is 1.63. The molecule has 17 heavy (non-hydrogen) atoms. The van der Waals surface area contributed by atoms with E-state index in [1.54, 1.807) is 0 Å². The third-order valence-corrected chi connectivity index (χ3v) is 1.82. The zero-order chi connectivity index (χ0) is 13.2. The van der Waals surface area contributed by atoms with Crippen molar-refractivity contribution in [3.05, 3.63) is 27.4 Å². The van der Waals surface area contributed by atoms with E-state index in [0.29, 0.717) is 6.07 Å². The first kappa shape index (κ1) is 12.7. The summed E-state index contributed by atoms with van der Waals surface area (Å²) in [4.78, 5) is 23.3. The molecule has 0 bridgehead atoms. The van der Waals surface area contributed by atoms with Gasteiger partial charge in [-0.05, 0) is 0 Å². The molecule has 0 unspecified atom stereocenters. The first-order valence-electron chi connectivity index (χ1n) is 4.13. The van der Waals surface area contributed by atoms with Crippen LogP contribution >= 0.6 is 0 Å². The van der Waals surface area contributed by atoms with Gasteiger partial charge >= 0.3 is 11.7 Å². The number of carboxylic acid groups (broad SMARTS) is 1. The van der Waals surface area contributed by atoms with E-state index in [9.17, 15) is 23.7 Å². The maximum absolute atomic E-state index is 12.5. The van der Waals surface area contributed by atoms with Crippen molar-refractivity contribution in [3.8, 4) is 5.88 Å². The summed E-state index contributed by atoms with van der Waals surface area (Å²) in [6, 6.07) is 0.444. The van der Waals surface area contributed by atoms with Crippen LogP contribution in [0.1, 0.15) is 22.5 Å². The molecular formula is C8H6F2N2O5. The summed E-state index contributed by atoms with van der Waals surface area (Å²) < 4.78 is 29.5. The Kier molecular flexibility index (Phi) is 3.51. The molecule has 0 aliphatic rings. The number of ether oxygens (including phenoxy) is 1. The Bertz CT molecular complexity index is 477. The molecule has 1 aromatic rings. The SMILES string of the molecule is COc1nc(C(=O)O)c([N+](=O)[O-])cc1C(F)F. The molecule has 1 rings (SSSR count). The lowest BCUT2D eigenvalue weighted by molar-refractivity contribution is -0.385. The number of hydrogen-bond acceptors (Lipinski definition) is 5. The molecule has 7 nitrogen and oxygen atoms in total. The lowest BCUT2D eigenvalue weighted by atomic mass is 10.2. The van der Waals surface area contributed by atoms with E-state index < -0.39 is 40.1 Å². The smallest absolute Gasteiger partial charge is 0.361 e. The van der Waals surface area contributed by atoms with Crippen LogP contribution in [0.4, 0.5) is 14.5 Å². The number of aromatic carboxylic acids is 1. The molecule has 0 saturated heterocycles. The average molecular weight is 248 g/mol. The molecule has 0 fully saturated rings. The highest BCUT2D eigenvalue weighted by Crippen LogP contribution is 2.32. The van der Waals surface area contributed by atoms with Crippen LogP contribution in [0.25, 0.3) is 0 Å². The van der Waals surface area contributed by atoms with Crippen molar-refractivity contribution in [1.82, 2.24) is 4.98 Å². The number of rotatable bonds is 4. The summed E-state index contributed by atoms with van der Waals surface area (Å²) in [6.07, 6.45) is -3.06. The van der Waals surface area contributed by atoms with Crippen LogP contribution < -0.4 is 4.74 Å². The summed E-state index contributed by atoms with van der Waals surface area (Å²) in [5.74, 6) is -2.35. The van der Waals surface area contributed by atoms with Gasteiger partial charge in [0, 0.05) is 6.07 Å². The normalized spacial score (nSPS) is 10.4. The number of carboxylic acids is 1. The second-order valence-electron chi connectivity index (χ2n) is 2.82. The van der Waals surface area contributed by atoms with Gasteiger partial charge in [0.25, 0.3) is 6.43 Å². The van der Waals surface area contributed by atoms with Gasteiger partial charge in [-0.1, -0.05) is 0 Å². The number of nitrogens with zero attached hydrogens (tertiary/aromatic N) is 2. The van der Waals surface area contributed by atoms with E-state index in [-0.39, 0.29) is 0 Å². The number of aromatic nitrogens is 1.